The average molecular weight is 548 g/mol. The van der Waals surface area contributed by atoms with Gasteiger partial charge in [-0.2, -0.15) is 0 Å². The number of aromatic nitrogens is 1. The molecule has 0 spiro atoms. The van der Waals surface area contributed by atoms with Crippen molar-refractivity contribution in [3.63, 3.8) is 0 Å². The zero-order valence-corrected chi connectivity index (χ0v) is 22.1. The van der Waals surface area contributed by atoms with Gasteiger partial charge in [0.15, 0.2) is 0 Å². The molecular weight excluding hydrogens is 510 g/mol. The number of hydrogen-bond donors (Lipinski definition) is 8. The number of fused-ring (bicyclic) bond motifs is 1. The van der Waals surface area contributed by atoms with Crippen LogP contribution < -0.4 is 21.7 Å². The SMILES string of the molecule is CCC(C)C(NC(=O)C(CCC(=O)O)NC(=O)C(N)C(C)O)C(=O)NC(Cc1c[nH]c2ccccc12)C(=O)O. The van der Waals surface area contributed by atoms with E-state index in [0.717, 1.165) is 10.9 Å². The summed E-state index contributed by atoms with van der Waals surface area (Å²) >= 11 is 0. The fraction of sp³-hybridized carbons (Fsp3) is 0.500. The fourth-order valence-electron chi connectivity index (χ4n) is 3.96. The Hall–Kier alpha value is -3.97. The standard InChI is InChI=1S/C26H37N5O8/c1-4-13(2)22(31-23(35)18(9-10-20(33)34)29-24(36)21(27)14(3)32)25(37)30-19(26(38)39)11-15-12-28-17-8-6-5-7-16(15)17/h5-8,12-14,18-19,21-22,28,32H,4,9-11,27H2,1-3H3,(H,29,36)(H,30,37)(H,31,35)(H,33,34)(H,38,39). The number of carbonyl (C=O) groups is 5. The number of carboxylic acid groups (broad SMARTS) is 2. The van der Waals surface area contributed by atoms with E-state index in [0.29, 0.717) is 12.0 Å². The van der Waals surface area contributed by atoms with Gasteiger partial charge < -0.3 is 42.0 Å². The van der Waals surface area contributed by atoms with Crippen LogP contribution in [0.25, 0.3) is 10.9 Å². The first-order valence-corrected chi connectivity index (χ1v) is 12.7. The molecule has 2 aromatic rings. The van der Waals surface area contributed by atoms with Crippen molar-refractivity contribution in [2.75, 3.05) is 0 Å². The van der Waals surface area contributed by atoms with Gasteiger partial charge in [0, 0.05) is 29.9 Å². The molecule has 3 amide bonds. The Morgan fingerprint density at radius 2 is 1.59 bits per heavy atom. The number of aromatic amines is 1. The van der Waals surface area contributed by atoms with Gasteiger partial charge >= 0.3 is 11.9 Å². The Balaban J connectivity index is 2.21. The molecule has 214 valence electrons. The summed E-state index contributed by atoms with van der Waals surface area (Å²) in [5.74, 6) is -5.36. The van der Waals surface area contributed by atoms with Crippen LogP contribution in [0.3, 0.4) is 0 Å². The number of nitrogens with two attached hydrogens (primary N) is 1. The van der Waals surface area contributed by atoms with E-state index >= 15 is 0 Å². The topological polar surface area (TPSA) is 224 Å². The van der Waals surface area contributed by atoms with Crippen molar-refractivity contribution in [1.82, 2.24) is 20.9 Å². The zero-order chi connectivity index (χ0) is 29.3. The molecule has 13 heteroatoms. The molecular formula is C26H37N5O8. The quantitative estimate of drug-likeness (QED) is 0.148. The number of carboxylic acids is 2. The van der Waals surface area contributed by atoms with Crippen molar-refractivity contribution in [2.45, 2.75) is 76.7 Å². The molecule has 0 aliphatic rings. The zero-order valence-electron chi connectivity index (χ0n) is 22.1. The Morgan fingerprint density at radius 1 is 0.949 bits per heavy atom. The fourth-order valence-corrected chi connectivity index (χ4v) is 3.96. The number of rotatable bonds is 15. The second-order valence-corrected chi connectivity index (χ2v) is 9.59. The highest BCUT2D eigenvalue weighted by atomic mass is 16.4. The van der Waals surface area contributed by atoms with Gasteiger partial charge in [0.1, 0.15) is 24.2 Å². The minimum absolute atomic E-state index is 0.0131. The minimum atomic E-state index is -1.36. The number of carbonyl (C=O) groups excluding carboxylic acids is 3. The van der Waals surface area contributed by atoms with Gasteiger partial charge in [-0.3, -0.25) is 19.2 Å². The van der Waals surface area contributed by atoms with Crippen LogP contribution in [0.15, 0.2) is 30.5 Å². The lowest BCUT2D eigenvalue weighted by molar-refractivity contribution is -0.142. The van der Waals surface area contributed by atoms with Crippen LogP contribution in [-0.2, 0) is 30.4 Å². The van der Waals surface area contributed by atoms with Gasteiger partial charge in [-0.05, 0) is 30.9 Å². The van der Waals surface area contributed by atoms with Gasteiger partial charge in [-0.1, -0.05) is 38.5 Å². The summed E-state index contributed by atoms with van der Waals surface area (Å²) in [6, 6.07) is 2.13. The predicted octanol–water partition coefficient (Wildman–Crippen LogP) is -0.132. The third-order valence-electron chi connectivity index (χ3n) is 6.61. The summed E-state index contributed by atoms with van der Waals surface area (Å²) in [5, 5.41) is 36.6. The normalized spacial score (nSPS) is 15.8. The van der Waals surface area contributed by atoms with E-state index < -0.39 is 72.3 Å². The monoisotopic (exact) mass is 547 g/mol. The second-order valence-electron chi connectivity index (χ2n) is 9.59. The Bertz CT molecular complexity index is 1180. The number of aliphatic hydroxyl groups excluding tert-OH is 1. The first-order chi connectivity index (χ1) is 18.3. The lowest BCUT2D eigenvalue weighted by Gasteiger charge is -2.28. The molecule has 1 aromatic carbocycles. The third-order valence-corrected chi connectivity index (χ3v) is 6.61. The van der Waals surface area contributed by atoms with E-state index in [1.807, 2.05) is 24.3 Å². The maximum absolute atomic E-state index is 13.3. The first-order valence-electron chi connectivity index (χ1n) is 12.7. The molecule has 0 radical (unpaired) electrons. The van der Waals surface area contributed by atoms with Crippen molar-refractivity contribution in [3.05, 3.63) is 36.0 Å². The van der Waals surface area contributed by atoms with Crippen molar-refractivity contribution < 1.29 is 39.3 Å². The summed E-state index contributed by atoms with van der Waals surface area (Å²) in [5.41, 5.74) is 7.13. The molecule has 6 unspecified atom stereocenters. The molecule has 0 saturated heterocycles. The number of H-pyrrole nitrogens is 1. The molecule has 39 heavy (non-hydrogen) atoms. The van der Waals surface area contributed by atoms with Gasteiger partial charge in [0.05, 0.1) is 6.10 Å². The van der Waals surface area contributed by atoms with Crippen LogP contribution in [0.1, 0.15) is 45.6 Å². The number of aliphatic hydroxyl groups is 1. The molecule has 0 aliphatic carbocycles. The molecule has 0 aliphatic heterocycles. The maximum Gasteiger partial charge on any atom is 0.326 e. The number of hydrogen-bond acceptors (Lipinski definition) is 7. The molecule has 0 fully saturated rings. The highest BCUT2D eigenvalue weighted by Crippen LogP contribution is 2.19. The lowest BCUT2D eigenvalue weighted by Crippen LogP contribution is -2.59. The molecule has 13 nitrogen and oxygen atoms in total. The number of para-hydroxylation sites is 1. The highest BCUT2D eigenvalue weighted by molar-refractivity contribution is 5.94. The van der Waals surface area contributed by atoms with Crippen molar-refractivity contribution >= 4 is 40.6 Å². The number of aliphatic carboxylic acids is 2. The van der Waals surface area contributed by atoms with E-state index in [9.17, 15) is 34.2 Å². The van der Waals surface area contributed by atoms with Crippen LogP contribution in [0, 0.1) is 5.92 Å². The van der Waals surface area contributed by atoms with Crippen LogP contribution in [0.4, 0.5) is 0 Å². The highest BCUT2D eigenvalue weighted by Gasteiger charge is 2.33. The molecule has 2 rings (SSSR count). The van der Waals surface area contributed by atoms with Crippen molar-refractivity contribution in [1.29, 1.82) is 0 Å². The lowest BCUT2D eigenvalue weighted by atomic mass is 9.96. The minimum Gasteiger partial charge on any atom is -0.481 e. The third kappa shape index (κ3) is 8.79. The predicted molar refractivity (Wildman–Crippen MR) is 141 cm³/mol. The van der Waals surface area contributed by atoms with Crippen LogP contribution in [0.5, 0.6) is 0 Å². The largest absolute Gasteiger partial charge is 0.481 e. The van der Waals surface area contributed by atoms with E-state index in [1.165, 1.54) is 6.92 Å². The molecule has 0 bridgehead atoms. The summed E-state index contributed by atoms with van der Waals surface area (Å²) in [4.78, 5) is 64.9. The van der Waals surface area contributed by atoms with Crippen molar-refractivity contribution in [2.24, 2.45) is 11.7 Å². The maximum atomic E-state index is 13.3. The van der Waals surface area contributed by atoms with E-state index in [1.54, 1.807) is 20.0 Å². The van der Waals surface area contributed by atoms with Crippen LogP contribution in [0.2, 0.25) is 0 Å². The van der Waals surface area contributed by atoms with Gasteiger partial charge in [0.25, 0.3) is 0 Å². The summed E-state index contributed by atoms with van der Waals surface area (Å²) in [7, 11) is 0. The molecule has 6 atom stereocenters. The van der Waals surface area contributed by atoms with Gasteiger partial charge in [0.2, 0.25) is 17.7 Å². The Morgan fingerprint density at radius 3 is 2.18 bits per heavy atom. The number of benzene rings is 1. The molecule has 0 saturated carbocycles. The molecule has 9 N–H and O–H groups in total. The Kier molecular flexibility index (Phi) is 11.4. The molecule has 1 aromatic heterocycles. The molecule has 1 heterocycles. The smallest absolute Gasteiger partial charge is 0.326 e. The van der Waals surface area contributed by atoms with Crippen LogP contribution >= 0.6 is 0 Å². The second kappa shape index (κ2) is 14.3. The summed E-state index contributed by atoms with van der Waals surface area (Å²) in [6.07, 6.45) is 0.116. The van der Waals surface area contributed by atoms with Crippen molar-refractivity contribution in [3.8, 4) is 0 Å². The van der Waals surface area contributed by atoms with Crippen LogP contribution in [-0.4, -0.2) is 80.2 Å². The van der Waals surface area contributed by atoms with Gasteiger partial charge in [-0.25, -0.2) is 4.79 Å². The summed E-state index contributed by atoms with van der Waals surface area (Å²) in [6.45, 7) is 4.76. The van der Waals surface area contributed by atoms with E-state index in [-0.39, 0.29) is 12.8 Å². The van der Waals surface area contributed by atoms with E-state index in [4.69, 9.17) is 10.8 Å². The Labute approximate surface area is 225 Å². The number of nitrogens with one attached hydrogen (secondary N) is 4. The van der Waals surface area contributed by atoms with E-state index in [2.05, 4.69) is 20.9 Å². The summed E-state index contributed by atoms with van der Waals surface area (Å²) < 4.78 is 0. The van der Waals surface area contributed by atoms with Gasteiger partial charge in [-0.15, -0.1) is 0 Å². The number of amides is 3. The first kappa shape index (κ1) is 31.2. The average Bonchev–Trinajstić information content (AvgIpc) is 3.30.